The lowest BCUT2D eigenvalue weighted by Crippen LogP contribution is -2.22. The average Bonchev–Trinajstić information content (AvgIpc) is 2.24. The normalized spacial score (nSPS) is 11.3. The van der Waals surface area contributed by atoms with Crippen molar-refractivity contribution in [2.75, 3.05) is 13.2 Å². The minimum atomic E-state index is -0.154. The number of nitrogens with two attached hydrogens (primary N) is 1. The van der Waals surface area contributed by atoms with Gasteiger partial charge in [-0.3, -0.25) is 5.41 Å². The van der Waals surface area contributed by atoms with E-state index in [4.69, 9.17) is 20.6 Å². The van der Waals surface area contributed by atoms with E-state index in [2.05, 4.69) is 15.9 Å². The zero-order valence-corrected chi connectivity index (χ0v) is 12.5. The van der Waals surface area contributed by atoms with Crippen LogP contribution < -0.4 is 10.5 Å². The summed E-state index contributed by atoms with van der Waals surface area (Å²) in [4.78, 5) is 0. The fraction of sp³-hybridized carbons (Fsp3) is 0.462. The number of hydrogen-bond acceptors (Lipinski definition) is 3. The Hall–Kier alpha value is -1.07. The lowest BCUT2D eigenvalue weighted by atomic mass is 10.2. The lowest BCUT2D eigenvalue weighted by molar-refractivity contribution is -0.0163. The monoisotopic (exact) mass is 314 g/mol. The van der Waals surface area contributed by atoms with Crippen LogP contribution >= 0.6 is 15.9 Å². The van der Waals surface area contributed by atoms with E-state index < -0.39 is 0 Å². The van der Waals surface area contributed by atoms with Gasteiger partial charge in [-0.15, -0.1) is 0 Å². The van der Waals surface area contributed by atoms with Gasteiger partial charge in [-0.2, -0.15) is 0 Å². The first-order valence-corrected chi connectivity index (χ1v) is 6.49. The molecule has 1 aromatic rings. The van der Waals surface area contributed by atoms with Crippen molar-refractivity contribution in [3.05, 3.63) is 28.2 Å². The van der Waals surface area contributed by atoms with Crippen LogP contribution in [0.4, 0.5) is 0 Å². The molecular weight excluding hydrogens is 296 g/mol. The van der Waals surface area contributed by atoms with Crippen molar-refractivity contribution in [1.82, 2.24) is 0 Å². The van der Waals surface area contributed by atoms with Gasteiger partial charge in [0.25, 0.3) is 0 Å². The Labute approximate surface area is 116 Å². The molecule has 3 N–H and O–H groups in total. The first kappa shape index (κ1) is 15.0. The second-order valence-corrected chi connectivity index (χ2v) is 5.72. The van der Waals surface area contributed by atoms with Gasteiger partial charge in [-0.25, -0.2) is 0 Å². The van der Waals surface area contributed by atoms with Crippen molar-refractivity contribution in [3.63, 3.8) is 0 Å². The highest BCUT2D eigenvalue weighted by atomic mass is 79.9. The second-order valence-electron chi connectivity index (χ2n) is 4.87. The smallest absolute Gasteiger partial charge is 0.133 e. The largest absolute Gasteiger partial charge is 0.490 e. The first-order valence-electron chi connectivity index (χ1n) is 5.70. The Morgan fingerprint density at radius 1 is 1.33 bits per heavy atom. The number of benzene rings is 1. The van der Waals surface area contributed by atoms with Crippen LogP contribution in [0.15, 0.2) is 22.7 Å². The zero-order chi connectivity index (χ0) is 13.8. The molecule has 5 heteroatoms. The summed E-state index contributed by atoms with van der Waals surface area (Å²) in [7, 11) is 0. The van der Waals surface area contributed by atoms with Gasteiger partial charge < -0.3 is 15.2 Å². The van der Waals surface area contributed by atoms with E-state index in [1.807, 2.05) is 20.8 Å². The summed E-state index contributed by atoms with van der Waals surface area (Å²) in [5, 5.41) is 7.34. The Morgan fingerprint density at radius 3 is 2.50 bits per heavy atom. The van der Waals surface area contributed by atoms with E-state index >= 15 is 0 Å². The molecule has 4 nitrogen and oxygen atoms in total. The van der Waals surface area contributed by atoms with Gasteiger partial charge in [0.1, 0.15) is 18.2 Å². The predicted octanol–water partition coefficient (Wildman–Crippen LogP) is 2.93. The van der Waals surface area contributed by atoms with Gasteiger partial charge in [0.15, 0.2) is 0 Å². The number of hydrogen-bond donors (Lipinski definition) is 2. The van der Waals surface area contributed by atoms with Crippen molar-refractivity contribution < 1.29 is 9.47 Å². The van der Waals surface area contributed by atoms with E-state index in [1.165, 1.54) is 0 Å². The maximum Gasteiger partial charge on any atom is 0.133 e. The van der Waals surface area contributed by atoms with Crippen LogP contribution in [0.25, 0.3) is 0 Å². The Balaban J connectivity index is 2.51. The molecule has 0 aromatic heterocycles. The predicted molar refractivity (Wildman–Crippen MR) is 76.4 cm³/mol. The summed E-state index contributed by atoms with van der Waals surface area (Å²) in [6.07, 6.45) is 0. The second kappa shape index (κ2) is 6.20. The molecule has 0 saturated carbocycles. The van der Waals surface area contributed by atoms with Crippen LogP contribution in [0.1, 0.15) is 26.3 Å². The summed E-state index contributed by atoms with van der Waals surface area (Å²) in [6, 6.07) is 5.31. The van der Waals surface area contributed by atoms with Crippen LogP contribution in [0.5, 0.6) is 5.75 Å². The fourth-order valence-electron chi connectivity index (χ4n) is 1.28. The highest BCUT2D eigenvalue weighted by molar-refractivity contribution is 9.10. The Morgan fingerprint density at radius 2 is 2.00 bits per heavy atom. The maximum absolute atomic E-state index is 7.34. The Kier molecular flexibility index (Phi) is 5.16. The molecule has 0 atom stereocenters. The third kappa shape index (κ3) is 5.06. The fourth-order valence-corrected chi connectivity index (χ4v) is 1.78. The van der Waals surface area contributed by atoms with E-state index in [9.17, 15) is 0 Å². The van der Waals surface area contributed by atoms with Gasteiger partial charge >= 0.3 is 0 Å². The third-order valence-corrected chi connectivity index (χ3v) is 2.74. The molecule has 0 aliphatic carbocycles. The van der Waals surface area contributed by atoms with Crippen LogP contribution in [0, 0.1) is 5.41 Å². The first-order chi connectivity index (χ1) is 8.29. The standard InChI is InChI=1S/C13H19BrN2O2/c1-13(2,3)18-7-6-17-11-5-4-9(12(15)16)8-10(11)14/h4-5,8H,6-7H2,1-3H3,(H3,15,16). The van der Waals surface area contributed by atoms with Gasteiger partial charge in [-0.1, -0.05) is 0 Å². The molecule has 0 saturated heterocycles. The van der Waals surface area contributed by atoms with Crippen LogP contribution in [0.3, 0.4) is 0 Å². The molecule has 1 rings (SSSR count). The summed E-state index contributed by atoms with van der Waals surface area (Å²) in [5.74, 6) is 0.760. The molecule has 0 radical (unpaired) electrons. The molecular formula is C13H19BrN2O2. The number of nitrogen functional groups attached to an aromatic ring is 1. The van der Waals surface area contributed by atoms with Crippen molar-refractivity contribution in [3.8, 4) is 5.75 Å². The van der Waals surface area contributed by atoms with Crippen LogP contribution in [-0.4, -0.2) is 24.7 Å². The van der Waals surface area contributed by atoms with Crippen molar-refractivity contribution >= 4 is 21.8 Å². The third-order valence-electron chi connectivity index (χ3n) is 2.12. The molecule has 100 valence electrons. The van der Waals surface area contributed by atoms with Crippen molar-refractivity contribution in [2.24, 2.45) is 5.73 Å². The highest BCUT2D eigenvalue weighted by Crippen LogP contribution is 2.25. The summed E-state index contributed by atoms with van der Waals surface area (Å²) < 4.78 is 11.9. The van der Waals surface area contributed by atoms with Crippen molar-refractivity contribution in [2.45, 2.75) is 26.4 Å². The number of halogens is 1. The quantitative estimate of drug-likeness (QED) is 0.499. The summed E-state index contributed by atoms with van der Waals surface area (Å²) >= 11 is 3.39. The van der Waals surface area contributed by atoms with Gasteiger partial charge in [0, 0.05) is 5.56 Å². The number of nitrogens with one attached hydrogen (secondary N) is 1. The van der Waals surface area contributed by atoms with E-state index in [1.54, 1.807) is 18.2 Å². The van der Waals surface area contributed by atoms with Gasteiger partial charge in [0.05, 0.1) is 16.7 Å². The minimum absolute atomic E-state index is 0.0401. The van der Waals surface area contributed by atoms with Gasteiger partial charge in [-0.05, 0) is 54.9 Å². The minimum Gasteiger partial charge on any atom is -0.490 e. The molecule has 0 aliphatic rings. The maximum atomic E-state index is 7.34. The molecule has 0 spiro atoms. The number of ether oxygens (including phenoxy) is 2. The average molecular weight is 315 g/mol. The van der Waals surface area contributed by atoms with E-state index in [-0.39, 0.29) is 11.4 Å². The van der Waals surface area contributed by atoms with E-state index in [0.29, 0.717) is 18.8 Å². The van der Waals surface area contributed by atoms with Crippen molar-refractivity contribution in [1.29, 1.82) is 5.41 Å². The van der Waals surface area contributed by atoms with E-state index in [0.717, 1.165) is 10.2 Å². The SMILES string of the molecule is CC(C)(C)OCCOc1ccc(C(=N)N)cc1Br. The molecule has 0 unspecified atom stereocenters. The molecule has 0 fully saturated rings. The summed E-state index contributed by atoms with van der Waals surface area (Å²) in [6.45, 7) is 7.03. The molecule has 0 bridgehead atoms. The molecule has 1 aromatic carbocycles. The molecule has 0 aliphatic heterocycles. The molecule has 0 amide bonds. The molecule has 0 heterocycles. The Bertz CT molecular complexity index is 427. The topological polar surface area (TPSA) is 68.3 Å². The highest BCUT2D eigenvalue weighted by Gasteiger charge is 2.10. The number of amidine groups is 1. The van der Waals surface area contributed by atoms with Crippen LogP contribution in [-0.2, 0) is 4.74 Å². The zero-order valence-electron chi connectivity index (χ0n) is 10.9. The van der Waals surface area contributed by atoms with Crippen LogP contribution in [0.2, 0.25) is 0 Å². The lowest BCUT2D eigenvalue weighted by Gasteiger charge is -2.19. The molecule has 18 heavy (non-hydrogen) atoms. The summed E-state index contributed by atoms with van der Waals surface area (Å²) in [5.41, 5.74) is 5.92. The van der Waals surface area contributed by atoms with Gasteiger partial charge in [0.2, 0.25) is 0 Å². The number of rotatable bonds is 5.